The topological polar surface area (TPSA) is 109 Å². The van der Waals surface area contributed by atoms with Crippen molar-refractivity contribution in [1.29, 1.82) is 0 Å². The van der Waals surface area contributed by atoms with Gasteiger partial charge in [0.15, 0.2) is 0 Å². The van der Waals surface area contributed by atoms with Crippen LogP contribution in [-0.2, 0) is 20.9 Å². The molecule has 0 saturated carbocycles. The van der Waals surface area contributed by atoms with E-state index < -0.39 is 21.8 Å². The van der Waals surface area contributed by atoms with Crippen molar-refractivity contribution in [3.05, 3.63) is 36.0 Å². The lowest BCUT2D eigenvalue weighted by atomic mass is 10.1. The van der Waals surface area contributed by atoms with E-state index in [1.165, 1.54) is 35.7 Å². The number of pyridine rings is 1. The van der Waals surface area contributed by atoms with Gasteiger partial charge in [-0.3, -0.25) is 0 Å². The molecular formula is C21H24F3N5O4S. The molecule has 1 aliphatic rings. The highest BCUT2D eigenvalue weighted by molar-refractivity contribution is 7.89. The summed E-state index contributed by atoms with van der Waals surface area (Å²) in [6.07, 6.45) is -3.65. The number of hydrogen-bond acceptors (Lipinski definition) is 7. The number of nitrogens with one attached hydrogen (secondary N) is 3. The van der Waals surface area contributed by atoms with Gasteiger partial charge in [0.25, 0.3) is 0 Å². The van der Waals surface area contributed by atoms with Crippen LogP contribution in [0.4, 0.5) is 30.4 Å². The van der Waals surface area contributed by atoms with Crippen molar-refractivity contribution >= 4 is 38.2 Å². The number of methoxy groups -OCH3 is 1. The van der Waals surface area contributed by atoms with Gasteiger partial charge in [-0.2, -0.15) is 17.5 Å². The predicted octanol–water partition coefficient (Wildman–Crippen LogP) is 3.79. The molecule has 1 saturated heterocycles. The fraction of sp³-hybridized carbons (Fsp3) is 0.381. The number of aromatic amines is 1. The van der Waals surface area contributed by atoms with E-state index in [1.54, 1.807) is 6.92 Å². The molecule has 2 aromatic heterocycles. The van der Waals surface area contributed by atoms with Crippen molar-refractivity contribution in [3.8, 4) is 5.75 Å². The molecule has 0 aliphatic carbocycles. The summed E-state index contributed by atoms with van der Waals surface area (Å²) in [6, 6.07) is 5.83. The van der Waals surface area contributed by atoms with Crippen LogP contribution in [0.2, 0.25) is 0 Å². The molecule has 4 rings (SSSR count). The number of H-pyrrole nitrogens is 1. The number of hydrogen-bond donors (Lipinski definition) is 3. The smallest absolute Gasteiger partial charge is 0.418 e. The van der Waals surface area contributed by atoms with Crippen molar-refractivity contribution in [2.75, 3.05) is 50.6 Å². The number of halogens is 3. The molecule has 1 fully saturated rings. The van der Waals surface area contributed by atoms with Gasteiger partial charge in [0.05, 0.1) is 41.9 Å². The van der Waals surface area contributed by atoms with Crippen molar-refractivity contribution < 1.29 is 31.1 Å². The number of anilines is 3. The number of alkyl halides is 3. The maximum absolute atomic E-state index is 13.4. The van der Waals surface area contributed by atoms with E-state index in [2.05, 4.69) is 20.6 Å². The van der Waals surface area contributed by atoms with Crippen molar-refractivity contribution in [3.63, 3.8) is 0 Å². The number of rotatable bonds is 7. The van der Waals surface area contributed by atoms with Crippen molar-refractivity contribution in [2.24, 2.45) is 0 Å². The van der Waals surface area contributed by atoms with Gasteiger partial charge in [-0.15, -0.1) is 0 Å². The Hall–Kier alpha value is -3.03. The van der Waals surface area contributed by atoms with Crippen LogP contribution >= 0.6 is 0 Å². The van der Waals surface area contributed by atoms with Gasteiger partial charge < -0.3 is 25.1 Å². The lowest BCUT2D eigenvalue weighted by Gasteiger charge is -2.26. The zero-order valence-electron chi connectivity index (χ0n) is 18.5. The molecule has 9 nitrogen and oxygen atoms in total. The highest BCUT2D eigenvalue weighted by Crippen LogP contribution is 2.39. The minimum Gasteiger partial charge on any atom is -0.495 e. The first-order valence-corrected chi connectivity index (χ1v) is 11.9. The second-order valence-corrected chi connectivity index (χ2v) is 9.45. The quantitative estimate of drug-likeness (QED) is 0.454. The highest BCUT2D eigenvalue weighted by Gasteiger charge is 2.35. The molecule has 13 heteroatoms. The van der Waals surface area contributed by atoms with E-state index in [9.17, 15) is 21.6 Å². The second-order valence-electron chi connectivity index (χ2n) is 7.51. The molecule has 0 atom stereocenters. The molecule has 0 unspecified atom stereocenters. The van der Waals surface area contributed by atoms with Crippen molar-refractivity contribution in [2.45, 2.75) is 18.0 Å². The number of nitrogens with zero attached hydrogens (tertiary/aromatic N) is 2. The average molecular weight is 500 g/mol. The van der Waals surface area contributed by atoms with Gasteiger partial charge in [-0.05, 0) is 19.1 Å². The number of ether oxygens (including phenoxy) is 2. The summed E-state index contributed by atoms with van der Waals surface area (Å²) in [4.78, 5) is 6.90. The minimum absolute atomic E-state index is 0.0544. The Kier molecular flexibility index (Phi) is 6.60. The molecule has 34 heavy (non-hydrogen) atoms. The van der Waals surface area contributed by atoms with E-state index in [-0.39, 0.29) is 46.3 Å². The average Bonchev–Trinajstić information content (AvgIpc) is 3.25. The van der Waals surface area contributed by atoms with Crippen LogP contribution in [0.5, 0.6) is 5.75 Å². The lowest BCUT2D eigenvalue weighted by Crippen LogP contribution is -2.40. The molecule has 3 N–H and O–H groups in total. The van der Waals surface area contributed by atoms with Crippen LogP contribution in [0, 0.1) is 0 Å². The van der Waals surface area contributed by atoms with Gasteiger partial charge in [0.1, 0.15) is 17.2 Å². The molecule has 0 amide bonds. The Labute approximate surface area is 194 Å². The van der Waals surface area contributed by atoms with Gasteiger partial charge in [-0.1, -0.05) is 0 Å². The van der Waals surface area contributed by atoms with Gasteiger partial charge in [0.2, 0.25) is 10.0 Å². The van der Waals surface area contributed by atoms with Gasteiger partial charge in [0, 0.05) is 43.7 Å². The third-order valence-electron chi connectivity index (χ3n) is 5.36. The summed E-state index contributed by atoms with van der Waals surface area (Å²) in [5.41, 5.74) is -0.0964. The fourth-order valence-corrected chi connectivity index (χ4v) is 5.19. The van der Waals surface area contributed by atoms with Crippen molar-refractivity contribution in [1.82, 2.24) is 14.3 Å². The largest absolute Gasteiger partial charge is 0.495 e. The van der Waals surface area contributed by atoms with Gasteiger partial charge >= 0.3 is 6.18 Å². The first kappa shape index (κ1) is 24.1. The Bertz CT molecular complexity index is 1290. The molecule has 1 aromatic carbocycles. The molecule has 3 heterocycles. The number of aromatic nitrogens is 2. The highest BCUT2D eigenvalue weighted by atomic mass is 32.2. The first-order valence-electron chi connectivity index (χ1n) is 10.5. The Balaban J connectivity index is 1.69. The van der Waals surface area contributed by atoms with Crippen LogP contribution < -0.4 is 15.4 Å². The Morgan fingerprint density at radius 3 is 2.59 bits per heavy atom. The van der Waals surface area contributed by atoms with E-state index in [1.807, 2.05) is 0 Å². The molecular weight excluding hydrogens is 475 g/mol. The Morgan fingerprint density at radius 1 is 1.21 bits per heavy atom. The fourth-order valence-electron chi connectivity index (χ4n) is 3.76. The number of sulfonamides is 1. The molecule has 184 valence electrons. The van der Waals surface area contributed by atoms with Gasteiger partial charge in [-0.25, -0.2) is 13.4 Å². The SMILES string of the molecule is CCNc1cc(Nc2ccc(S(=O)(=O)N3CCOCC3)cc2OC)nc2[nH]cc(C(F)(F)F)c12. The van der Waals surface area contributed by atoms with E-state index in [4.69, 9.17) is 9.47 Å². The molecule has 1 aliphatic heterocycles. The van der Waals surface area contributed by atoms with Crippen LogP contribution in [0.25, 0.3) is 11.0 Å². The summed E-state index contributed by atoms with van der Waals surface area (Å²) in [7, 11) is -2.33. The maximum Gasteiger partial charge on any atom is 0.418 e. The van der Waals surface area contributed by atoms with Crippen LogP contribution in [-0.4, -0.2) is 62.6 Å². The third kappa shape index (κ3) is 4.63. The zero-order valence-corrected chi connectivity index (χ0v) is 19.3. The molecule has 0 bridgehead atoms. The Morgan fingerprint density at radius 2 is 1.94 bits per heavy atom. The summed E-state index contributed by atoms with van der Waals surface area (Å²) in [6.45, 7) is 3.35. The first-order chi connectivity index (χ1) is 16.1. The summed E-state index contributed by atoms with van der Waals surface area (Å²) in [5, 5.41) is 5.90. The minimum atomic E-state index is -4.54. The van der Waals surface area contributed by atoms with E-state index >= 15 is 0 Å². The monoisotopic (exact) mass is 499 g/mol. The maximum atomic E-state index is 13.4. The van der Waals surface area contributed by atoms with E-state index in [0.717, 1.165) is 6.20 Å². The lowest BCUT2D eigenvalue weighted by molar-refractivity contribution is -0.136. The molecule has 3 aromatic rings. The molecule has 0 radical (unpaired) electrons. The normalized spacial score (nSPS) is 15.4. The number of fused-ring (bicyclic) bond motifs is 1. The summed E-state index contributed by atoms with van der Waals surface area (Å²) in [5.74, 6) is 0.491. The molecule has 0 spiro atoms. The number of benzene rings is 1. The predicted molar refractivity (Wildman–Crippen MR) is 121 cm³/mol. The van der Waals surface area contributed by atoms with Crippen LogP contribution in [0.3, 0.4) is 0 Å². The zero-order chi connectivity index (χ0) is 24.5. The van der Waals surface area contributed by atoms with Crippen LogP contribution in [0.1, 0.15) is 12.5 Å². The number of morpholine rings is 1. The second kappa shape index (κ2) is 9.31. The third-order valence-corrected chi connectivity index (χ3v) is 7.25. The summed E-state index contributed by atoms with van der Waals surface area (Å²) >= 11 is 0. The van der Waals surface area contributed by atoms with Crippen LogP contribution in [0.15, 0.2) is 35.4 Å². The summed E-state index contributed by atoms with van der Waals surface area (Å²) < 4.78 is 78.1. The standard InChI is InChI=1S/C21H24F3N5O4S/c1-3-25-16-11-18(28-20-19(16)14(12-26-20)21(22,23)24)27-15-5-4-13(10-17(15)32-2)34(30,31)29-6-8-33-9-7-29/h4-5,10-12H,3,6-9H2,1-2H3,(H3,25,26,27,28). The van der Waals surface area contributed by atoms with E-state index in [0.29, 0.717) is 25.4 Å².